The monoisotopic (exact) mass is 340 g/mol. The van der Waals surface area contributed by atoms with E-state index < -0.39 is 10.0 Å². The van der Waals surface area contributed by atoms with E-state index in [-0.39, 0.29) is 10.6 Å². The van der Waals surface area contributed by atoms with E-state index in [1.54, 1.807) is 11.8 Å². The highest BCUT2D eigenvalue weighted by Crippen LogP contribution is 2.37. The Labute approximate surface area is 132 Å². The number of sulfonamides is 1. The summed E-state index contributed by atoms with van der Waals surface area (Å²) in [4.78, 5) is 1.13. The minimum absolute atomic E-state index is 0.158. The summed E-state index contributed by atoms with van der Waals surface area (Å²) in [6.07, 6.45) is 0. The number of nitrogen functional groups attached to an aromatic ring is 1. The zero-order valence-electron chi connectivity index (χ0n) is 11.0. The van der Waals surface area contributed by atoms with Crippen molar-refractivity contribution < 1.29 is 8.42 Å². The minimum atomic E-state index is -3.63. The van der Waals surface area contributed by atoms with Gasteiger partial charge in [-0.15, -0.1) is 11.8 Å². The van der Waals surface area contributed by atoms with Gasteiger partial charge in [-0.05, 0) is 30.3 Å². The van der Waals surface area contributed by atoms with Crippen molar-refractivity contribution in [2.75, 3.05) is 22.3 Å². The molecule has 2 aromatic carbocycles. The smallest absolute Gasteiger partial charge is 0.264 e. The molecule has 0 unspecified atom stereocenters. The molecule has 2 N–H and O–H groups in total. The third kappa shape index (κ3) is 2.59. The highest BCUT2D eigenvalue weighted by atomic mass is 35.5. The van der Waals surface area contributed by atoms with Crippen LogP contribution in [0.5, 0.6) is 0 Å². The van der Waals surface area contributed by atoms with Gasteiger partial charge in [-0.2, -0.15) is 0 Å². The molecule has 1 aliphatic rings. The van der Waals surface area contributed by atoms with Crippen molar-refractivity contribution in [3.8, 4) is 0 Å². The van der Waals surface area contributed by atoms with Crippen LogP contribution in [-0.2, 0) is 10.0 Å². The number of anilines is 2. The largest absolute Gasteiger partial charge is 0.397 e. The second kappa shape index (κ2) is 5.44. The summed E-state index contributed by atoms with van der Waals surface area (Å²) in [5, 5.41) is 0.351. The summed E-state index contributed by atoms with van der Waals surface area (Å²) in [7, 11) is -3.63. The SMILES string of the molecule is Nc1cc(S(=O)(=O)N2CCSc3ccccc32)ccc1Cl. The first kappa shape index (κ1) is 14.6. The molecule has 0 bridgehead atoms. The molecule has 0 radical (unpaired) electrons. The molecular formula is C14H13ClN2O2S2. The number of hydrogen-bond acceptors (Lipinski definition) is 4. The summed E-state index contributed by atoms with van der Waals surface area (Å²) in [6, 6.07) is 11.9. The zero-order valence-corrected chi connectivity index (χ0v) is 13.4. The second-order valence-corrected chi connectivity index (χ2v) is 7.98. The molecule has 0 atom stereocenters. The first-order chi connectivity index (χ1) is 10.00. The van der Waals surface area contributed by atoms with E-state index >= 15 is 0 Å². The number of benzene rings is 2. The predicted octanol–water partition coefficient (Wildman–Crippen LogP) is 3.22. The number of fused-ring (bicyclic) bond motifs is 1. The Morgan fingerprint density at radius 1 is 1.19 bits per heavy atom. The second-order valence-electron chi connectivity index (χ2n) is 4.58. The van der Waals surface area contributed by atoms with Crippen LogP contribution in [-0.4, -0.2) is 20.7 Å². The van der Waals surface area contributed by atoms with E-state index in [1.165, 1.54) is 22.5 Å². The molecule has 7 heteroatoms. The minimum Gasteiger partial charge on any atom is -0.397 e. The van der Waals surface area contributed by atoms with E-state index in [4.69, 9.17) is 17.3 Å². The van der Waals surface area contributed by atoms with Crippen molar-refractivity contribution in [2.45, 2.75) is 9.79 Å². The van der Waals surface area contributed by atoms with E-state index in [0.717, 1.165) is 10.6 Å². The number of thioether (sulfide) groups is 1. The first-order valence-corrected chi connectivity index (χ1v) is 9.10. The van der Waals surface area contributed by atoms with Gasteiger partial charge in [0, 0.05) is 17.2 Å². The standard InChI is InChI=1S/C14H13ClN2O2S2/c15-11-6-5-10(9-12(11)16)21(18,19)17-7-8-20-14-4-2-1-3-13(14)17/h1-6,9H,7-8,16H2. The molecule has 1 heterocycles. The fourth-order valence-corrected chi connectivity index (χ4v) is 5.01. The van der Waals surface area contributed by atoms with E-state index in [2.05, 4.69) is 0 Å². The van der Waals surface area contributed by atoms with Gasteiger partial charge in [-0.3, -0.25) is 4.31 Å². The average molecular weight is 341 g/mol. The lowest BCUT2D eigenvalue weighted by Crippen LogP contribution is -2.35. The summed E-state index contributed by atoms with van der Waals surface area (Å²) >= 11 is 7.52. The molecule has 2 aromatic rings. The van der Waals surface area contributed by atoms with Crippen LogP contribution in [0.3, 0.4) is 0 Å². The fraction of sp³-hybridized carbons (Fsp3) is 0.143. The van der Waals surface area contributed by atoms with Crippen LogP contribution < -0.4 is 10.0 Å². The Balaban J connectivity index is 2.09. The number of nitrogens with two attached hydrogens (primary N) is 1. The maximum absolute atomic E-state index is 12.8. The van der Waals surface area contributed by atoms with Gasteiger partial charge in [0.1, 0.15) is 0 Å². The summed E-state index contributed by atoms with van der Waals surface area (Å²) in [5.74, 6) is 0.722. The number of hydrogen-bond donors (Lipinski definition) is 1. The lowest BCUT2D eigenvalue weighted by molar-refractivity contribution is 0.591. The summed E-state index contributed by atoms with van der Waals surface area (Å²) < 4.78 is 27.1. The maximum Gasteiger partial charge on any atom is 0.264 e. The molecule has 1 aliphatic heterocycles. The number of rotatable bonds is 2. The van der Waals surface area contributed by atoms with E-state index in [1.807, 2.05) is 24.3 Å². The number of nitrogens with zero attached hydrogens (tertiary/aromatic N) is 1. The van der Waals surface area contributed by atoms with Crippen LogP contribution in [0, 0.1) is 0 Å². The normalized spacial score (nSPS) is 14.8. The van der Waals surface area contributed by atoms with Crippen LogP contribution in [0.25, 0.3) is 0 Å². The quantitative estimate of drug-likeness (QED) is 0.852. The van der Waals surface area contributed by atoms with Crippen molar-refractivity contribution in [1.29, 1.82) is 0 Å². The molecule has 0 aliphatic carbocycles. The van der Waals surface area contributed by atoms with Gasteiger partial charge in [-0.25, -0.2) is 8.42 Å². The van der Waals surface area contributed by atoms with Gasteiger partial charge in [0.05, 0.1) is 21.3 Å². The van der Waals surface area contributed by atoms with Gasteiger partial charge in [0.25, 0.3) is 10.0 Å². The Morgan fingerprint density at radius 3 is 2.71 bits per heavy atom. The number of halogens is 1. The first-order valence-electron chi connectivity index (χ1n) is 6.30. The van der Waals surface area contributed by atoms with Gasteiger partial charge in [0.15, 0.2) is 0 Å². The molecular weight excluding hydrogens is 328 g/mol. The maximum atomic E-state index is 12.8. The summed E-state index contributed by atoms with van der Waals surface area (Å²) in [5.41, 5.74) is 6.69. The Hall–Kier alpha value is -1.37. The van der Waals surface area contributed by atoms with E-state index in [0.29, 0.717) is 17.3 Å². The third-order valence-corrected chi connectivity index (χ3v) is 6.44. The summed E-state index contributed by atoms with van der Waals surface area (Å²) in [6.45, 7) is 0.437. The molecule has 0 saturated heterocycles. The highest BCUT2D eigenvalue weighted by molar-refractivity contribution is 8.00. The number of para-hydroxylation sites is 1. The highest BCUT2D eigenvalue weighted by Gasteiger charge is 2.29. The molecule has 0 spiro atoms. The Bertz CT molecular complexity index is 793. The van der Waals surface area contributed by atoms with Crippen molar-refractivity contribution in [1.82, 2.24) is 0 Å². The molecule has 3 rings (SSSR count). The fourth-order valence-electron chi connectivity index (χ4n) is 2.20. The van der Waals surface area contributed by atoms with Gasteiger partial charge >= 0.3 is 0 Å². The lowest BCUT2D eigenvalue weighted by atomic mass is 10.3. The van der Waals surface area contributed by atoms with Gasteiger partial charge < -0.3 is 5.73 Å². The zero-order chi connectivity index (χ0) is 15.0. The Kier molecular flexibility index (Phi) is 3.77. The van der Waals surface area contributed by atoms with Crippen LogP contribution in [0.4, 0.5) is 11.4 Å². The molecule has 0 amide bonds. The molecule has 4 nitrogen and oxygen atoms in total. The topological polar surface area (TPSA) is 63.4 Å². The van der Waals surface area contributed by atoms with E-state index in [9.17, 15) is 8.42 Å². The van der Waals surface area contributed by atoms with Crippen molar-refractivity contribution in [3.63, 3.8) is 0 Å². The van der Waals surface area contributed by atoms with Crippen LogP contribution in [0.2, 0.25) is 5.02 Å². The molecule has 110 valence electrons. The van der Waals surface area contributed by atoms with Crippen molar-refractivity contribution >= 4 is 44.8 Å². The average Bonchev–Trinajstić information content (AvgIpc) is 2.49. The molecule has 21 heavy (non-hydrogen) atoms. The van der Waals surface area contributed by atoms with Crippen molar-refractivity contribution in [2.24, 2.45) is 0 Å². The van der Waals surface area contributed by atoms with Crippen molar-refractivity contribution in [3.05, 3.63) is 47.5 Å². The third-order valence-electron chi connectivity index (χ3n) is 3.24. The molecule has 0 aromatic heterocycles. The van der Waals surface area contributed by atoms with Crippen LogP contribution in [0.1, 0.15) is 0 Å². The molecule has 0 saturated carbocycles. The molecule has 0 fully saturated rings. The lowest BCUT2D eigenvalue weighted by Gasteiger charge is -2.30. The van der Waals surface area contributed by atoms with Gasteiger partial charge in [-0.1, -0.05) is 23.7 Å². The Morgan fingerprint density at radius 2 is 1.95 bits per heavy atom. The van der Waals surface area contributed by atoms with Crippen LogP contribution in [0.15, 0.2) is 52.3 Å². The van der Waals surface area contributed by atoms with Gasteiger partial charge in [0.2, 0.25) is 0 Å². The van der Waals surface area contributed by atoms with Crippen LogP contribution >= 0.6 is 23.4 Å². The predicted molar refractivity (Wildman–Crippen MR) is 87.6 cm³/mol.